The van der Waals surface area contributed by atoms with Crippen LogP contribution in [0.3, 0.4) is 0 Å². The summed E-state index contributed by atoms with van der Waals surface area (Å²) in [5.74, 6) is 0. The van der Waals surface area contributed by atoms with E-state index in [2.05, 4.69) is 5.32 Å². The second kappa shape index (κ2) is 5.09. The quantitative estimate of drug-likeness (QED) is 0.575. The summed E-state index contributed by atoms with van der Waals surface area (Å²) in [7, 11) is 0. The highest BCUT2D eigenvalue weighted by Gasteiger charge is 2.08. The third-order valence-corrected chi connectivity index (χ3v) is 3.12. The molecule has 0 fully saturated rings. The number of nitro benzene ring substituents is 1. The lowest BCUT2D eigenvalue weighted by molar-refractivity contribution is -0.384. The molecule has 6 nitrogen and oxygen atoms in total. The number of carbonyl (C=O) groups excluding carboxylic acids is 1. The zero-order valence-corrected chi connectivity index (χ0v) is 10.9. The maximum absolute atomic E-state index is 12.1. The highest BCUT2D eigenvalue weighted by Crippen LogP contribution is 2.17. The van der Waals surface area contributed by atoms with Crippen LogP contribution >= 0.6 is 0 Å². The van der Waals surface area contributed by atoms with Crippen molar-refractivity contribution in [3.05, 3.63) is 71.0 Å². The van der Waals surface area contributed by atoms with E-state index in [1.54, 1.807) is 12.4 Å². The number of hydrogen-bond donors (Lipinski definition) is 1. The van der Waals surface area contributed by atoms with Crippen LogP contribution in [-0.2, 0) is 0 Å². The van der Waals surface area contributed by atoms with Crippen molar-refractivity contribution < 1.29 is 9.72 Å². The summed E-state index contributed by atoms with van der Waals surface area (Å²) >= 11 is 0. The first-order valence-electron chi connectivity index (χ1n) is 6.26. The van der Waals surface area contributed by atoms with Gasteiger partial charge in [0.1, 0.15) is 0 Å². The van der Waals surface area contributed by atoms with E-state index in [1.165, 1.54) is 28.8 Å². The van der Waals surface area contributed by atoms with E-state index in [9.17, 15) is 14.9 Å². The van der Waals surface area contributed by atoms with Gasteiger partial charge in [-0.1, -0.05) is 24.3 Å². The lowest BCUT2D eigenvalue weighted by atomic mass is 10.2. The maximum Gasteiger partial charge on any atom is 0.329 e. The largest absolute Gasteiger partial charge is 0.329 e. The molecule has 0 unspecified atom stereocenters. The van der Waals surface area contributed by atoms with Gasteiger partial charge in [-0.05, 0) is 22.9 Å². The topological polar surface area (TPSA) is 77.2 Å². The Hall–Kier alpha value is -3.15. The summed E-state index contributed by atoms with van der Waals surface area (Å²) in [5, 5.41) is 15.2. The third-order valence-electron chi connectivity index (χ3n) is 3.12. The molecule has 0 aliphatic heterocycles. The average molecular weight is 281 g/mol. The van der Waals surface area contributed by atoms with Gasteiger partial charge in [-0.3, -0.25) is 14.7 Å². The van der Waals surface area contributed by atoms with Gasteiger partial charge in [-0.2, -0.15) is 0 Å². The molecule has 0 bridgehead atoms. The molecule has 3 rings (SSSR count). The number of benzene rings is 2. The van der Waals surface area contributed by atoms with Crippen molar-refractivity contribution in [1.82, 2.24) is 4.57 Å². The number of hydrogen-bond acceptors (Lipinski definition) is 3. The van der Waals surface area contributed by atoms with Crippen LogP contribution < -0.4 is 5.32 Å². The molecule has 0 saturated heterocycles. The van der Waals surface area contributed by atoms with Crippen molar-refractivity contribution in [3.8, 4) is 0 Å². The Morgan fingerprint density at radius 1 is 1.00 bits per heavy atom. The number of amides is 1. The van der Waals surface area contributed by atoms with Gasteiger partial charge in [-0.15, -0.1) is 0 Å². The molecule has 2 aromatic carbocycles. The fourth-order valence-electron chi connectivity index (χ4n) is 2.05. The van der Waals surface area contributed by atoms with Gasteiger partial charge < -0.3 is 5.32 Å². The van der Waals surface area contributed by atoms with Crippen LogP contribution in [0.2, 0.25) is 0 Å². The average Bonchev–Trinajstić information content (AvgIpc) is 2.92. The fraction of sp³-hybridized carbons (Fsp3) is 0. The van der Waals surface area contributed by atoms with E-state index in [4.69, 9.17) is 0 Å². The van der Waals surface area contributed by atoms with Gasteiger partial charge in [0, 0.05) is 30.2 Å². The SMILES string of the molecule is O=C(Nc1ccc([N+](=O)[O-])cc1)n1cc2ccccc2c1. The minimum Gasteiger partial charge on any atom is -0.307 e. The van der Waals surface area contributed by atoms with Crippen molar-refractivity contribution in [1.29, 1.82) is 0 Å². The smallest absolute Gasteiger partial charge is 0.307 e. The van der Waals surface area contributed by atoms with Gasteiger partial charge >= 0.3 is 6.03 Å². The molecule has 1 N–H and O–H groups in total. The summed E-state index contributed by atoms with van der Waals surface area (Å²) in [6, 6.07) is 13.0. The predicted octanol–water partition coefficient (Wildman–Crippen LogP) is 3.63. The Morgan fingerprint density at radius 3 is 2.10 bits per heavy atom. The van der Waals surface area contributed by atoms with Gasteiger partial charge in [0.05, 0.1) is 4.92 Å². The van der Waals surface area contributed by atoms with E-state index in [0.29, 0.717) is 5.69 Å². The van der Waals surface area contributed by atoms with Crippen LogP contribution in [0.25, 0.3) is 10.8 Å². The highest BCUT2D eigenvalue weighted by molar-refractivity contribution is 5.95. The van der Waals surface area contributed by atoms with Crippen molar-refractivity contribution in [2.45, 2.75) is 0 Å². The number of fused-ring (bicyclic) bond motifs is 1. The zero-order chi connectivity index (χ0) is 14.8. The van der Waals surface area contributed by atoms with Crippen molar-refractivity contribution in [2.24, 2.45) is 0 Å². The van der Waals surface area contributed by atoms with E-state index in [1.807, 2.05) is 24.3 Å². The van der Waals surface area contributed by atoms with Gasteiger partial charge in [0.2, 0.25) is 0 Å². The summed E-state index contributed by atoms with van der Waals surface area (Å²) in [6.07, 6.45) is 3.46. The lowest BCUT2D eigenvalue weighted by Gasteiger charge is -2.05. The molecule has 6 heteroatoms. The molecule has 0 saturated carbocycles. The van der Waals surface area contributed by atoms with E-state index >= 15 is 0 Å². The molecule has 0 spiro atoms. The minimum absolute atomic E-state index is 0.0142. The van der Waals surface area contributed by atoms with E-state index in [0.717, 1.165) is 10.8 Å². The zero-order valence-electron chi connectivity index (χ0n) is 10.9. The first-order chi connectivity index (χ1) is 10.1. The Balaban J connectivity index is 1.80. The monoisotopic (exact) mass is 281 g/mol. The summed E-state index contributed by atoms with van der Waals surface area (Å²) in [5.41, 5.74) is 0.489. The van der Waals surface area contributed by atoms with Crippen LogP contribution in [-0.4, -0.2) is 15.5 Å². The Kier molecular flexibility index (Phi) is 3.12. The number of nitrogens with zero attached hydrogens (tertiary/aromatic N) is 2. The molecule has 1 heterocycles. The van der Waals surface area contributed by atoms with Gasteiger partial charge in [0.15, 0.2) is 0 Å². The number of nitro groups is 1. The molecule has 104 valence electrons. The highest BCUT2D eigenvalue weighted by atomic mass is 16.6. The second-order valence-corrected chi connectivity index (χ2v) is 4.53. The summed E-state index contributed by atoms with van der Waals surface area (Å²) < 4.78 is 1.45. The molecule has 21 heavy (non-hydrogen) atoms. The molecule has 3 aromatic rings. The predicted molar refractivity (Wildman–Crippen MR) is 79.5 cm³/mol. The molecular formula is C15H11N3O3. The number of nitrogens with one attached hydrogen (secondary N) is 1. The normalized spacial score (nSPS) is 10.5. The van der Waals surface area contributed by atoms with Gasteiger partial charge in [-0.25, -0.2) is 4.79 Å². The molecule has 0 radical (unpaired) electrons. The Labute approximate surface area is 119 Å². The van der Waals surface area contributed by atoms with Crippen LogP contribution in [0.15, 0.2) is 60.9 Å². The van der Waals surface area contributed by atoms with Crippen LogP contribution in [0.4, 0.5) is 16.2 Å². The number of aromatic nitrogens is 1. The molecule has 0 atom stereocenters. The number of carbonyl (C=O) groups is 1. The van der Waals surface area contributed by atoms with Crippen molar-refractivity contribution in [3.63, 3.8) is 0 Å². The van der Waals surface area contributed by atoms with E-state index in [-0.39, 0.29) is 11.7 Å². The van der Waals surface area contributed by atoms with E-state index < -0.39 is 4.92 Å². The second-order valence-electron chi connectivity index (χ2n) is 4.53. The molecule has 1 amide bonds. The summed E-state index contributed by atoms with van der Waals surface area (Å²) in [4.78, 5) is 22.2. The molecule has 0 aliphatic carbocycles. The lowest BCUT2D eigenvalue weighted by Crippen LogP contribution is -2.17. The Bertz CT molecular complexity index is 789. The van der Waals surface area contributed by atoms with Crippen LogP contribution in [0, 0.1) is 10.1 Å². The number of rotatable bonds is 2. The molecule has 0 aliphatic rings. The number of anilines is 1. The first kappa shape index (κ1) is 12.9. The van der Waals surface area contributed by atoms with Crippen LogP contribution in [0.1, 0.15) is 0 Å². The van der Waals surface area contributed by atoms with Crippen molar-refractivity contribution >= 4 is 28.2 Å². The molecule has 1 aromatic heterocycles. The standard InChI is InChI=1S/C15H11N3O3/c19-15(16-13-5-7-14(8-6-13)18(20)21)17-9-11-3-1-2-4-12(11)10-17/h1-10H,(H,16,19). The first-order valence-corrected chi connectivity index (χ1v) is 6.26. The number of non-ortho nitro benzene ring substituents is 1. The maximum atomic E-state index is 12.1. The third kappa shape index (κ3) is 2.59. The van der Waals surface area contributed by atoms with Crippen molar-refractivity contribution in [2.75, 3.05) is 5.32 Å². The molecular weight excluding hydrogens is 270 g/mol. The van der Waals surface area contributed by atoms with Crippen LogP contribution in [0.5, 0.6) is 0 Å². The van der Waals surface area contributed by atoms with Gasteiger partial charge in [0.25, 0.3) is 5.69 Å². The summed E-state index contributed by atoms with van der Waals surface area (Å²) in [6.45, 7) is 0. The fourth-order valence-corrected chi connectivity index (χ4v) is 2.05. The Morgan fingerprint density at radius 2 is 1.57 bits per heavy atom. The minimum atomic E-state index is -0.482.